The molecule has 0 saturated heterocycles. The maximum Gasteiger partial charge on any atom is 0 e. The first kappa shape index (κ1) is 15.5. The van der Waals surface area contributed by atoms with Crippen LogP contribution in [0.15, 0.2) is 48.6 Å². The number of allylic oxidation sites excluding steroid dienone is 8. The van der Waals surface area contributed by atoms with Crippen LogP contribution in [0.25, 0.3) is 0 Å². The van der Waals surface area contributed by atoms with E-state index in [1.165, 1.54) is 6.42 Å². The average Bonchev–Trinajstić information content (AvgIpc) is 2.98. The number of rotatable bonds is 5. The molecular formula is C17H23Ni. The van der Waals surface area contributed by atoms with Crippen molar-refractivity contribution < 1.29 is 16.5 Å². The smallest absolute Gasteiger partial charge is 0 e. The van der Waals surface area contributed by atoms with Crippen LogP contribution in [0.4, 0.5) is 0 Å². The third kappa shape index (κ3) is 3.72. The first-order chi connectivity index (χ1) is 8.18. The van der Waals surface area contributed by atoms with Gasteiger partial charge in [-0.15, -0.1) is 0 Å². The minimum absolute atomic E-state index is 0. The van der Waals surface area contributed by atoms with Crippen LogP contribution >= 0.6 is 0 Å². The van der Waals surface area contributed by atoms with Gasteiger partial charge in [0.15, 0.2) is 0 Å². The van der Waals surface area contributed by atoms with Gasteiger partial charge in [0.1, 0.15) is 0 Å². The molecule has 0 nitrogen and oxygen atoms in total. The summed E-state index contributed by atoms with van der Waals surface area (Å²) in [6.45, 7) is 6.86. The van der Waals surface area contributed by atoms with Crippen LogP contribution in [0.3, 0.4) is 0 Å². The van der Waals surface area contributed by atoms with Gasteiger partial charge in [-0.25, -0.2) is 0 Å². The van der Waals surface area contributed by atoms with E-state index in [9.17, 15) is 0 Å². The van der Waals surface area contributed by atoms with Gasteiger partial charge in [-0.2, -0.15) is 0 Å². The fraction of sp³-hybridized carbons (Fsp3) is 0.471. The van der Waals surface area contributed by atoms with Crippen LogP contribution in [0.5, 0.6) is 0 Å². The van der Waals surface area contributed by atoms with Crippen molar-refractivity contribution in [3.05, 3.63) is 54.5 Å². The molecule has 1 heteroatoms. The Morgan fingerprint density at radius 3 is 1.61 bits per heavy atom. The topological polar surface area (TPSA) is 0 Å². The van der Waals surface area contributed by atoms with Crippen molar-refractivity contribution in [3.8, 4) is 0 Å². The molecule has 1 radical (unpaired) electrons. The molecule has 0 spiro atoms. The largest absolute Gasteiger partial charge is 0.0773 e. The van der Waals surface area contributed by atoms with Crippen molar-refractivity contribution in [3.63, 3.8) is 0 Å². The molecule has 1 atom stereocenters. The fourth-order valence-electron chi connectivity index (χ4n) is 2.68. The van der Waals surface area contributed by atoms with Gasteiger partial charge in [0, 0.05) is 16.5 Å². The van der Waals surface area contributed by atoms with Gasteiger partial charge >= 0.3 is 0 Å². The van der Waals surface area contributed by atoms with E-state index in [0.29, 0.717) is 23.7 Å². The van der Waals surface area contributed by atoms with Crippen LogP contribution < -0.4 is 0 Å². The maximum atomic E-state index is 2.35. The van der Waals surface area contributed by atoms with Gasteiger partial charge in [0.05, 0.1) is 0 Å². The Balaban J connectivity index is 0.00000162. The molecule has 2 rings (SSSR count). The van der Waals surface area contributed by atoms with Crippen molar-refractivity contribution in [1.82, 2.24) is 0 Å². The van der Waals surface area contributed by atoms with E-state index < -0.39 is 0 Å². The van der Waals surface area contributed by atoms with Gasteiger partial charge in [-0.3, -0.25) is 0 Å². The quantitative estimate of drug-likeness (QED) is 0.641. The first-order valence-corrected chi connectivity index (χ1v) is 6.68. The molecule has 0 saturated carbocycles. The minimum atomic E-state index is 0. The van der Waals surface area contributed by atoms with Crippen LogP contribution in [0, 0.1) is 29.6 Å². The summed E-state index contributed by atoms with van der Waals surface area (Å²) in [5, 5.41) is 0. The van der Waals surface area contributed by atoms with E-state index in [2.05, 4.69) is 69.4 Å². The van der Waals surface area contributed by atoms with Crippen molar-refractivity contribution >= 4 is 0 Å². The summed E-state index contributed by atoms with van der Waals surface area (Å²) < 4.78 is 0. The molecule has 18 heavy (non-hydrogen) atoms. The molecule has 0 aromatic rings. The Morgan fingerprint density at radius 2 is 1.28 bits per heavy atom. The van der Waals surface area contributed by atoms with Crippen LogP contribution in [0.2, 0.25) is 0 Å². The summed E-state index contributed by atoms with van der Waals surface area (Å²) in [7, 11) is 0. The predicted octanol–water partition coefficient (Wildman–Crippen LogP) is 4.72. The molecule has 0 aromatic heterocycles. The van der Waals surface area contributed by atoms with Crippen molar-refractivity contribution in [2.75, 3.05) is 0 Å². The molecule has 0 fully saturated rings. The zero-order valence-corrected chi connectivity index (χ0v) is 12.4. The SMILES string of the molecule is C[C](C)C(C)CC(C1C=CC=C1)C1C=CC=C1.[Ni]. The van der Waals surface area contributed by atoms with Crippen LogP contribution in [0.1, 0.15) is 27.2 Å². The standard InChI is InChI=1S/C17H23.Ni/c1-13(2)14(3)12-17(15-8-4-5-9-15)16-10-6-7-11-16;/h4-11,14-17H,12H2,1-3H3;. The minimum Gasteiger partial charge on any atom is -0.0773 e. The molecule has 2 aliphatic carbocycles. The molecule has 0 aromatic carbocycles. The van der Waals surface area contributed by atoms with E-state index in [-0.39, 0.29) is 16.5 Å². The van der Waals surface area contributed by atoms with Crippen molar-refractivity contribution in [2.24, 2.45) is 23.7 Å². The molecule has 2 aliphatic rings. The van der Waals surface area contributed by atoms with E-state index >= 15 is 0 Å². The van der Waals surface area contributed by atoms with Gasteiger partial charge in [0.25, 0.3) is 0 Å². The second-order valence-corrected chi connectivity index (χ2v) is 5.57. The number of hydrogen-bond acceptors (Lipinski definition) is 0. The predicted molar refractivity (Wildman–Crippen MR) is 75.4 cm³/mol. The Kier molecular flexibility index (Phi) is 6.16. The van der Waals surface area contributed by atoms with Crippen molar-refractivity contribution in [1.29, 1.82) is 0 Å². The number of hydrogen-bond donors (Lipinski definition) is 0. The van der Waals surface area contributed by atoms with E-state index in [1.807, 2.05) is 0 Å². The fourth-order valence-corrected chi connectivity index (χ4v) is 2.68. The zero-order valence-electron chi connectivity index (χ0n) is 11.5. The Labute approximate surface area is 122 Å². The van der Waals surface area contributed by atoms with Gasteiger partial charge in [-0.05, 0) is 36.0 Å². The monoisotopic (exact) mass is 285 g/mol. The maximum absolute atomic E-state index is 2.35. The third-order valence-corrected chi connectivity index (χ3v) is 4.16. The molecule has 0 N–H and O–H groups in total. The summed E-state index contributed by atoms with van der Waals surface area (Å²) in [6, 6.07) is 0. The summed E-state index contributed by atoms with van der Waals surface area (Å²) in [4.78, 5) is 0. The Morgan fingerprint density at radius 1 is 0.889 bits per heavy atom. The average molecular weight is 286 g/mol. The summed E-state index contributed by atoms with van der Waals surface area (Å²) in [5.41, 5.74) is 0. The molecular weight excluding hydrogens is 263 g/mol. The molecule has 0 aliphatic heterocycles. The van der Waals surface area contributed by atoms with Crippen LogP contribution in [-0.2, 0) is 16.5 Å². The zero-order chi connectivity index (χ0) is 12.3. The molecule has 1 unspecified atom stereocenters. The van der Waals surface area contributed by atoms with Gasteiger partial charge in [0.2, 0.25) is 0 Å². The summed E-state index contributed by atoms with van der Waals surface area (Å²) in [5.74, 6) is 4.21. The van der Waals surface area contributed by atoms with E-state index in [1.54, 1.807) is 5.92 Å². The van der Waals surface area contributed by atoms with E-state index in [4.69, 9.17) is 0 Å². The van der Waals surface area contributed by atoms with Crippen LogP contribution in [-0.4, -0.2) is 0 Å². The second kappa shape index (κ2) is 7.14. The summed E-state index contributed by atoms with van der Waals surface area (Å²) >= 11 is 0. The van der Waals surface area contributed by atoms with Crippen molar-refractivity contribution in [2.45, 2.75) is 27.2 Å². The third-order valence-electron chi connectivity index (χ3n) is 4.16. The molecule has 0 heterocycles. The Bertz CT molecular complexity index is 308. The molecule has 0 amide bonds. The first-order valence-electron chi connectivity index (χ1n) is 6.68. The normalized spacial score (nSPS) is 20.3. The Hall–Kier alpha value is -0.546. The van der Waals surface area contributed by atoms with E-state index in [0.717, 1.165) is 0 Å². The van der Waals surface area contributed by atoms with Gasteiger partial charge < -0.3 is 0 Å². The molecule has 0 bridgehead atoms. The van der Waals surface area contributed by atoms with Gasteiger partial charge in [-0.1, -0.05) is 69.4 Å². The molecule has 101 valence electrons. The second-order valence-electron chi connectivity index (χ2n) is 5.57. The summed E-state index contributed by atoms with van der Waals surface area (Å²) in [6.07, 6.45) is 19.4.